The van der Waals surface area contributed by atoms with Crippen molar-refractivity contribution in [3.8, 4) is 0 Å². The van der Waals surface area contributed by atoms with Crippen LogP contribution in [0.2, 0.25) is 0 Å². The molecule has 2 N–H and O–H groups in total. The van der Waals surface area contributed by atoms with Crippen LogP contribution in [0.4, 0.5) is 5.69 Å². The van der Waals surface area contributed by atoms with E-state index in [2.05, 4.69) is 41.6 Å². The number of nitrogens with one attached hydrogen (secondary N) is 2. The van der Waals surface area contributed by atoms with E-state index in [1.54, 1.807) is 11.3 Å². The van der Waals surface area contributed by atoms with Crippen LogP contribution in [0.1, 0.15) is 18.9 Å². The Balaban J connectivity index is 1.76. The quantitative estimate of drug-likeness (QED) is 0.785. The van der Waals surface area contributed by atoms with Crippen molar-refractivity contribution in [3.05, 3.63) is 46.9 Å². The largest absolute Gasteiger partial charge is 0.384 e. The van der Waals surface area contributed by atoms with Crippen LogP contribution in [-0.4, -0.2) is 18.1 Å². The zero-order chi connectivity index (χ0) is 12.8. The van der Waals surface area contributed by atoms with Crippen LogP contribution in [0.15, 0.2) is 41.9 Å². The van der Waals surface area contributed by atoms with Gasteiger partial charge in [0, 0.05) is 30.4 Å². The van der Waals surface area contributed by atoms with Gasteiger partial charge in [0.1, 0.15) is 5.01 Å². The smallest absolute Gasteiger partial charge is 0.112 e. The number of anilines is 1. The molecule has 0 fully saturated rings. The van der Waals surface area contributed by atoms with E-state index < -0.39 is 0 Å². The van der Waals surface area contributed by atoms with E-state index in [0.29, 0.717) is 0 Å². The predicted octanol–water partition coefficient (Wildman–Crippen LogP) is 3.08. The molecule has 0 aliphatic rings. The first-order valence-corrected chi connectivity index (χ1v) is 7.00. The van der Waals surface area contributed by atoms with Crippen molar-refractivity contribution in [2.24, 2.45) is 0 Å². The Morgan fingerprint density at radius 2 is 1.94 bits per heavy atom. The second-order valence-corrected chi connectivity index (χ2v) is 5.58. The van der Waals surface area contributed by atoms with Crippen LogP contribution in [0.25, 0.3) is 0 Å². The molecule has 2 rings (SSSR count). The zero-order valence-electron chi connectivity index (χ0n) is 10.8. The lowest BCUT2D eigenvalue weighted by molar-refractivity contribution is 0.410. The van der Waals surface area contributed by atoms with Gasteiger partial charge in [0.2, 0.25) is 0 Å². The van der Waals surface area contributed by atoms with Gasteiger partial charge in [0.15, 0.2) is 0 Å². The van der Waals surface area contributed by atoms with Crippen LogP contribution in [-0.2, 0) is 5.54 Å². The summed E-state index contributed by atoms with van der Waals surface area (Å²) < 4.78 is 0. The van der Waals surface area contributed by atoms with Crippen molar-refractivity contribution < 1.29 is 0 Å². The Hall–Kier alpha value is -1.39. The maximum absolute atomic E-state index is 4.36. The molecule has 2 aromatic rings. The molecule has 0 atom stereocenters. The highest BCUT2D eigenvalue weighted by molar-refractivity contribution is 7.09. The fourth-order valence-electron chi connectivity index (χ4n) is 1.75. The molecule has 0 spiro atoms. The number of thiazole rings is 1. The van der Waals surface area contributed by atoms with Crippen LogP contribution in [0, 0.1) is 0 Å². The third-order valence-electron chi connectivity index (χ3n) is 2.76. The summed E-state index contributed by atoms with van der Waals surface area (Å²) in [5.41, 5.74) is 1.10. The van der Waals surface area contributed by atoms with Crippen molar-refractivity contribution in [2.75, 3.05) is 18.4 Å². The first-order chi connectivity index (χ1) is 8.68. The summed E-state index contributed by atoms with van der Waals surface area (Å²) in [5.74, 6) is 0. The van der Waals surface area contributed by atoms with Crippen molar-refractivity contribution in [1.82, 2.24) is 10.3 Å². The molecular weight excluding hydrogens is 242 g/mol. The number of hydrogen-bond donors (Lipinski definition) is 2. The standard InChI is InChI=1S/C14H19N3S/c1-14(2,13-16-10-11-18-13)17-9-8-15-12-6-4-3-5-7-12/h3-7,10-11,15,17H,8-9H2,1-2H3. The molecule has 0 unspecified atom stereocenters. The summed E-state index contributed by atoms with van der Waals surface area (Å²) in [6.07, 6.45) is 1.85. The van der Waals surface area contributed by atoms with Gasteiger partial charge in [-0.1, -0.05) is 18.2 Å². The van der Waals surface area contributed by atoms with Gasteiger partial charge in [-0.3, -0.25) is 0 Å². The van der Waals surface area contributed by atoms with Crippen LogP contribution < -0.4 is 10.6 Å². The molecule has 1 aromatic carbocycles. The maximum atomic E-state index is 4.36. The molecule has 0 amide bonds. The molecule has 3 nitrogen and oxygen atoms in total. The van der Waals surface area contributed by atoms with Gasteiger partial charge < -0.3 is 10.6 Å². The van der Waals surface area contributed by atoms with Gasteiger partial charge in [0.05, 0.1) is 5.54 Å². The minimum Gasteiger partial charge on any atom is -0.384 e. The maximum Gasteiger partial charge on any atom is 0.112 e. The average molecular weight is 261 g/mol. The Labute approximate surface area is 112 Å². The molecule has 0 aliphatic carbocycles. The molecular formula is C14H19N3S. The lowest BCUT2D eigenvalue weighted by Gasteiger charge is -2.24. The predicted molar refractivity (Wildman–Crippen MR) is 78.1 cm³/mol. The van der Waals surface area contributed by atoms with E-state index in [-0.39, 0.29) is 5.54 Å². The minimum absolute atomic E-state index is 0.0630. The lowest BCUT2D eigenvalue weighted by atomic mass is 10.1. The summed E-state index contributed by atoms with van der Waals surface area (Å²) in [4.78, 5) is 4.36. The number of rotatable bonds is 6. The van der Waals surface area contributed by atoms with Crippen molar-refractivity contribution in [2.45, 2.75) is 19.4 Å². The normalized spacial score (nSPS) is 11.4. The van der Waals surface area contributed by atoms with Crippen molar-refractivity contribution >= 4 is 17.0 Å². The monoisotopic (exact) mass is 261 g/mol. The number of hydrogen-bond acceptors (Lipinski definition) is 4. The fourth-order valence-corrected chi connectivity index (χ4v) is 2.48. The molecule has 96 valence electrons. The number of benzene rings is 1. The Morgan fingerprint density at radius 3 is 2.61 bits per heavy atom. The average Bonchev–Trinajstić information content (AvgIpc) is 2.91. The third kappa shape index (κ3) is 3.55. The summed E-state index contributed by atoms with van der Waals surface area (Å²) in [7, 11) is 0. The number of aromatic nitrogens is 1. The van der Waals surface area contributed by atoms with Crippen LogP contribution in [0.3, 0.4) is 0 Å². The first-order valence-electron chi connectivity index (χ1n) is 6.12. The Kier molecular flexibility index (Phi) is 4.33. The van der Waals surface area contributed by atoms with Crippen molar-refractivity contribution in [1.29, 1.82) is 0 Å². The van der Waals surface area contributed by atoms with Crippen LogP contribution in [0.5, 0.6) is 0 Å². The van der Waals surface area contributed by atoms with E-state index in [4.69, 9.17) is 0 Å². The lowest BCUT2D eigenvalue weighted by Crippen LogP contribution is -2.39. The first kappa shape index (κ1) is 13.1. The highest BCUT2D eigenvalue weighted by Gasteiger charge is 2.21. The molecule has 1 heterocycles. The number of nitrogens with zero attached hydrogens (tertiary/aromatic N) is 1. The fraction of sp³-hybridized carbons (Fsp3) is 0.357. The zero-order valence-corrected chi connectivity index (χ0v) is 11.6. The van der Waals surface area contributed by atoms with E-state index in [1.165, 1.54) is 0 Å². The highest BCUT2D eigenvalue weighted by atomic mass is 32.1. The molecule has 4 heteroatoms. The van der Waals surface area contributed by atoms with Gasteiger partial charge in [-0.25, -0.2) is 4.98 Å². The van der Waals surface area contributed by atoms with Gasteiger partial charge >= 0.3 is 0 Å². The Bertz CT molecular complexity index is 451. The highest BCUT2D eigenvalue weighted by Crippen LogP contribution is 2.21. The second-order valence-electron chi connectivity index (χ2n) is 4.68. The van der Waals surface area contributed by atoms with Crippen LogP contribution >= 0.6 is 11.3 Å². The summed E-state index contributed by atoms with van der Waals surface area (Å²) >= 11 is 1.69. The molecule has 0 saturated heterocycles. The molecule has 0 radical (unpaired) electrons. The van der Waals surface area contributed by atoms with Gasteiger partial charge in [-0.2, -0.15) is 0 Å². The summed E-state index contributed by atoms with van der Waals surface area (Å²) in [6, 6.07) is 10.2. The second kappa shape index (κ2) is 5.98. The van der Waals surface area contributed by atoms with Gasteiger partial charge in [-0.15, -0.1) is 11.3 Å². The van der Waals surface area contributed by atoms with E-state index >= 15 is 0 Å². The molecule has 0 saturated carbocycles. The van der Waals surface area contributed by atoms with E-state index in [9.17, 15) is 0 Å². The third-order valence-corrected chi connectivity index (χ3v) is 3.86. The summed E-state index contributed by atoms with van der Waals surface area (Å²) in [5, 5.41) is 10.0. The molecule has 18 heavy (non-hydrogen) atoms. The van der Waals surface area contributed by atoms with E-state index in [1.807, 2.05) is 29.8 Å². The topological polar surface area (TPSA) is 37.0 Å². The minimum atomic E-state index is -0.0630. The molecule has 0 bridgehead atoms. The van der Waals surface area contributed by atoms with Gasteiger partial charge in [0.25, 0.3) is 0 Å². The van der Waals surface area contributed by atoms with E-state index in [0.717, 1.165) is 23.8 Å². The molecule has 0 aliphatic heterocycles. The number of para-hydroxylation sites is 1. The van der Waals surface area contributed by atoms with Crippen molar-refractivity contribution in [3.63, 3.8) is 0 Å². The molecule has 1 aromatic heterocycles. The SMILES string of the molecule is CC(C)(NCCNc1ccccc1)c1nccs1. The summed E-state index contributed by atoms with van der Waals surface area (Å²) in [6.45, 7) is 6.13. The van der Waals surface area contributed by atoms with Gasteiger partial charge in [-0.05, 0) is 26.0 Å². The Morgan fingerprint density at radius 1 is 1.17 bits per heavy atom.